The van der Waals surface area contributed by atoms with Gasteiger partial charge in [0.2, 0.25) is 0 Å². The Labute approximate surface area is 134 Å². The number of halogens is 1. The number of thioether (sulfide) groups is 1. The molecule has 0 aromatic heterocycles. The Morgan fingerprint density at radius 2 is 1.75 bits per heavy atom. The van der Waals surface area contributed by atoms with Gasteiger partial charge in [-0.05, 0) is 31.0 Å². The van der Waals surface area contributed by atoms with Crippen LogP contribution in [-0.4, -0.2) is 6.54 Å². The third kappa shape index (κ3) is 4.11. The van der Waals surface area contributed by atoms with Crippen molar-refractivity contribution in [3.63, 3.8) is 0 Å². The summed E-state index contributed by atoms with van der Waals surface area (Å²) in [5, 5.41) is 0.325. The summed E-state index contributed by atoms with van der Waals surface area (Å²) < 4.78 is 1.14. The quantitative estimate of drug-likeness (QED) is 0.821. The molecule has 0 fully saturated rings. The Hall–Kier alpha value is -0.770. The number of aryl methyl sites for hydroxylation is 2. The Bertz CT molecular complexity index is 563. The number of nitrogens with two attached hydrogens (primary N) is 1. The topological polar surface area (TPSA) is 26.0 Å². The molecule has 0 aliphatic heterocycles. The average Bonchev–Trinajstić information content (AvgIpc) is 2.40. The summed E-state index contributed by atoms with van der Waals surface area (Å²) in [6.45, 7) is 4.95. The van der Waals surface area contributed by atoms with Crippen molar-refractivity contribution in [1.82, 2.24) is 0 Å². The molecule has 0 aliphatic carbocycles. The molecule has 0 saturated carbocycles. The van der Waals surface area contributed by atoms with E-state index in [0.717, 1.165) is 10.2 Å². The number of hydrogen-bond donors (Lipinski definition) is 1. The highest BCUT2D eigenvalue weighted by atomic mass is 79.9. The van der Waals surface area contributed by atoms with Gasteiger partial charge in [0.05, 0.1) is 0 Å². The Morgan fingerprint density at radius 3 is 2.35 bits per heavy atom. The summed E-state index contributed by atoms with van der Waals surface area (Å²) in [6, 6.07) is 15.1. The summed E-state index contributed by atoms with van der Waals surface area (Å²) in [5.74, 6) is 0.992. The Balaban J connectivity index is 2.10. The molecule has 1 atom stereocenters. The summed E-state index contributed by atoms with van der Waals surface area (Å²) >= 11 is 5.52. The van der Waals surface area contributed by atoms with Crippen molar-refractivity contribution in [1.29, 1.82) is 0 Å². The van der Waals surface area contributed by atoms with Gasteiger partial charge < -0.3 is 5.73 Å². The lowest BCUT2D eigenvalue weighted by atomic mass is 10.1. The van der Waals surface area contributed by atoms with Crippen molar-refractivity contribution < 1.29 is 0 Å². The molecule has 2 N–H and O–H groups in total. The van der Waals surface area contributed by atoms with Crippen LogP contribution in [0.25, 0.3) is 0 Å². The normalized spacial score (nSPS) is 12.4. The highest BCUT2D eigenvalue weighted by molar-refractivity contribution is 9.10. The van der Waals surface area contributed by atoms with Crippen LogP contribution in [0.5, 0.6) is 0 Å². The third-order valence-corrected chi connectivity index (χ3v) is 5.27. The molecular weight excluding hydrogens is 330 g/mol. The summed E-state index contributed by atoms with van der Waals surface area (Å²) in [4.78, 5) is 0. The number of benzene rings is 2. The summed E-state index contributed by atoms with van der Waals surface area (Å²) in [6.07, 6.45) is 0. The molecule has 0 amide bonds. The first-order valence-electron chi connectivity index (χ1n) is 6.73. The molecule has 20 heavy (non-hydrogen) atoms. The van der Waals surface area contributed by atoms with Gasteiger partial charge in [-0.2, -0.15) is 0 Å². The van der Waals surface area contributed by atoms with E-state index in [1.807, 2.05) is 17.8 Å². The lowest BCUT2D eigenvalue weighted by Gasteiger charge is -2.17. The molecule has 0 bridgehead atoms. The molecule has 0 heterocycles. The first kappa shape index (κ1) is 15.6. The maximum Gasteiger partial charge on any atom is 0.0434 e. The molecule has 0 spiro atoms. The van der Waals surface area contributed by atoms with Gasteiger partial charge in [-0.25, -0.2) is 0 Å². The first-order chi connectivity index (χ1) is 9.60. The molecule has 106 valence electrons. The van der Waals surface area contributed by atoms with Crippen molar-refractivity contribution in [2.24, 2.45) is 5.73 Å². The molecule has 2 rings (SSSR count). The summed E-state index contributed by atoms with van der Waals surface area (Å²) in [5.41, 5.74) is 11.3. The average molecular weight is 350 g/mol. The van der Waals surface area contributed by atoms with E-state index in [2.05, 4.69) is 66.2 Å². The van der Waals surface area contributed by atoms with Crippen LogP contribution in [0, 0.1) is 13.8 Å². The molecule has 0 radical (unpaired) electrons. The fraction of sp³-hybridized carbons (Fsp3) is 0.294. The zero-order valence-electron chi connectivity index (χ0n) is 11.9. The third-order valence-electron chi connectivity index (χ3n) is 3.20. The number of rotatable bonds is 5. The summed E-state index contributed by atoms with van der Waals surface area (Å²) in [7, 11) is 0. The van der Waals surface area contributed by atoms with Crippen LogP contribution in [-0.2, 0) is 5.75 Å². The predicted molar refractivity (Wildman–Crippen MR) is 93.1 cm³/mol. The van der Waals surface area contributed by atoms with Gasteiger partial charge in [0.15, 0.2) is 0 Å². The maximum absolute atomic E-state index is 5.96. The van der Waals surface area contributed by atoms with Crippen LogP contribution < -0.4 is 5.73 Å². The van der Waals surface area contributed by atoms with E-state index in [0.29, 0.717) is 11.8 Å². The fourth-order valence-corrected chi connectivity index (χ4v) is 4.16. The van der Waals surface area contributed by atoms with Crippen LogP contribution in [0.15, 0.2) is 46.9 Å². The van der Waals surface area contributed by atoms with Gasteiger partial charge in [0.1, 0.15) is 0 Å². The van der Waals surface area contributed by atoms with Crippen molar-refractivity contribution in [2.75, 3.05) is 6.54 Å². The van der Waals surface area contributed by atoms with E-state index < -0.39 is 0 Å². The van der Waals surface area contributed by atoms with Crippen LogP contribution in [0.4, 0.5) is 0 Å². The van der Waals surface area contributed by atoms with Crippen molar-refractivity contribution in [3.05, 3.63) is 69.2 Å². The van der Waals surface area contributed by atoms with Crippen LogP contribution >= 0.6 is 27.7 Å². The van der Waals surface area contributed by atoms with E-state index in [4.69, 9.17) is 5.73 Å². The lowest BCUT2D eigenvalue weighted by molar-refractivity contribution is 0.935. The van der Waals surface area contributed by atoms with Gasteiger partial charge in [-0.15, -0.1) is 11.8 Å². The minimum Gasteiger partial charge on any atom is -0.329 e. The van der Waals surface area contributed by atoms with E-state index >= 15 is 0 Å². The zero-order valence-corrected chi connectivity index (χ0v) is 14.3. The fourth-order valence-electron chi connectivity index (χ4n) is 2.37. The SMILES string of the molecule is Cc1cc(C)cc(CSC(CN)c2ccccc2Br)c1. The maximum atomic E-state index is 5.96. The lowest BCUT2D eigenvalue weighted by Crippen LogP contribution is -2.10. The second-order valence-electron chi connectivity index (χ2n) is 5.05. The van der Waals surface area contributed by atoms with Crippen molar-refractivity contribution >= 4 is 27.7 Å². The molecule has 0 aliphatic rings. The number of hydrogen-bond acceptors (Lipinski definition) is 2. The van der Waals surface area contributed by atoms with Gasteiger partial charge >= 0.3 is 0 Å². The standard InChI is InChI=1S/C17H20BrNS/c1-12-7-13(2)9-14(8-12)11-20-17(10-19)15-5-3-4-6-16(15)18/h3-9,17H,10-11,19H2,1-2H3. The van der Waals surface area contributed by atoms with Crippen molar-refractivity contribution in [3.8, 4) is 0 Å². The molecule has 0 saturated heterocycles. The Morgan fingerprint density at radius 1 is 1.10 bits per heavy atom. The van der Waals surface area contributed by atoms with E-state index in [1.54, 1.807) is 0 Å². The largest absolute Gasteiger partial charge is 0.329 e. The minimum atomic E-state index is 0.325. The minimum absolute atomic E-state index is 0.325. The van der Waals surface area contributed by atoms with Gasteiger partial charge in [-0.3, -0.25) is 0 Å². The van der Waals surface area contributed by atoms with Crippen LogP contribution in [0.1, 0.15) is 27.5 Å². The van der Waals surface area contributed by atoms with E-state index in [-0.39, 0.29) is 0 Å². The second-order valence-corrected chi connectivity index (χ2v) is 7.10. The van der Waals surface area contributed by atoms with E-state index in [9.17, 15) is 0 Å². The monoisotopic (exact) mass is 349 g/mol. The van der Waals surface area contributed by atoms with Crippen molar-refractivity contribution in [2.45, 2.75) is 24.9 Å². The second kappa shape index (κ2) is 7.30. The van der Waals surface area contributed by atoms with E-state index in [1.165, 1.54) is 22.3 Å². The highest BCUT2D eigenvalue weighted by Crippen LogP contribution is 2.35. The highest BCUT2D eigenvalue weighted by Gasteiger charge is 2.13. The molecule has 3 heteroatoms. The molecule has 2 aromatic carbocycles. The first-order valence-corrected chi connectivity index (χ1v) is 8.57. The molecule has 1 nitrogen and oxygen atoms in total. The molecule has 1 unspecified atom stereocenters. The van der Waals surface area contributed by atoms with Gasteiger partial charge in [-0.1, -0.05) is 63.5 Å². The molecular formula is C17H20BrNS. The Kier molecular flexibility index (Phi) is 5.70. The molecule has 2 aromatic rings. The van der Waals surface area contributed by atoms with Gasteiger partial charge in [0, 0.05) is 22.0 Å². The zero-order chi connectivity index (χ0) is 14.5. The van der Waals surface area contributed by atoms with Crippen LogP contribution in [0.3, 0.4) is 0 Å². The predicted octanol–water partition coefficient (Wildman–Crippen LogP) is 5.00. The van der Waals surface area contributed by atoms with Gasteiger partial charge in [0.25, 0.3) is 0 Å². The smallest absolute Gasteiger partial charge is 0.0434 e. The van der Waals surface area contributed by atoms with Crippen LogP contribution in [0.2, 0.25) is 0 Å².